The molecule has 0 spiro atoms. The minimum atomic E-state index is -0.185. The van der Waals surface area contributed by atoms with Crippen LogP contribution in [0.15, 0.2) is 54.6 Å². The van der Waals surface area contributed by atoms with Crippen molar-refractivity contribution in [3.8, 4) is 0 Å². The van der Waals surface area contributed by atoms with Gasteiger partial charge in [0.2, 0.25) is 5.91 Å². The van der Waals surface area contributed by atoms with E-state index in [1.54, 1.807) is 12.1 Å². The molecule has 4 heteroatoms. The number of rotatable bonds is 8. The molecule has 3 nitrogen and oxygen atoms in total. The van der Waals surface area contributed by atoms with E-state index in [2.05, 4.69) is 17.4 Å². The average molecular weight is 340 g/mol. The number of benzene rings is 2. The Morgan fingerprint density at radius 1 is 1.08 bits per heavy atom. The molecule has 0 unspecified atom stereocenters. The standard InChI is InChI=1S/C21H25FN2O/c22-20-9-5-4-8-18(20)13-15-24-19(10-11-21(24)25)12-14-23-16-17-6-2-1-3-7-17/h1-9,19,23H,10-16H2/t19-/m1/s1. The molecule has 1 atom stereocenters. The highest BCUT2D eigenvalue weighted by atomic mass is 19.1. The Bertz CT molecular complexity index is 689. The zero-order valence-corrected chi connectivity index (χ0v) is 14.5. The molecule has 0 bridgehead atoms. The fraction of sp³-hybridized carbons (Fsp3) is 0.381. The quantitative estimate of drug-likeness (QED) is 0.746. The van der Waals surface area contributed by atoms with Crippen LogP contribution in [-0.2, 0) is 17.8 Å². The SMILES string of the molecule is O=C1CC[C@H](CCNCc2ccccc2)N1CCc1ccccc1F. The van der Waals surface area contributed by atoms with Gasteiger partial charge in [0.1, 0.15) is 5.82 Å². The Morgan fingerprint density at radius 2 is 1.84 bits per heavy atom. The van der Waals surface area contributed by atoms with Gasteiger partial charge in [-0.1, -0.05) is 48.5 Å². The first-order chi connectivity index (χ1) is 12.2. The molecule has 2 aromatic carbocycles. The van der Waals surface area contributed by atoms with Crippen LogP contribution in [0.2, 0.25) is 0 Å². The van der Waals surface area contributed by atoms with Gasteiger partial charge in [0, 0.05) is 25.6 Å². The third-order valence-electron chi connectivity index (χ3n) is 4.86. The number of carbonyl (C=O) groups excluding carboxylic acids is 1. The Hall–Kier alpha value is -2.20. The highest BCUT2D eigenvalue weighted by molar-refractivity contribution is 5.78. The number of carbonyl (C=O) groups is 1. The molecule has 0 aliphatic carbocycles. The van der Waals surface area contributed by atoms with Gasteiger partial charge in [-0.15, -0.1) is 0 Å². The van der Waals surface area contributed by atoms with Crippen LogP contribution in [0.5, 0.6) is 0 Å². The number of likely N-dealkylation sites (tertiary alicyclic amines) is 1. The van der Waals surface area contributed by atoms with Crippen LogP contribution in [0.3, 0.4) is 0 Å². The lowest BCUT2D eigenvalue weighted by atomic mass is 10.1. The van der Waals surface area contributed by atoms with E-state index in [1.165, 1.54) is 11.6 Å². The predicted octanol–water partition coefficient (Wildman–Crippen LogP) is 3.54. The zero-order valence-electron chi connectivity index (χ0n) is 14.5. The summed E-state index contributed by atoms with van der Waals surface area (Å²) in [7, 11) is 0. The van der Waals surface area contributed by atoms with Gasteiger partial charge in [-0.25, -0.2) is 4.39 Å². The second-order valence-corrected chi connectivity index (χ2v) is 6.57. The molecule has 0 saturated carbocycles. The lowest BCUT2D eigenvalue weighted by Crippen LogP contribution is -2.36. The average Bonchev–Trinajstić information content (AvgIpc) is 2.99. The van der Waals surface area contributed by atoms with Gasteiger partial charge in [-0.05, 0) is 43.0 Å². The fourth-order valence-electron chi connectivity index (χ4n) is 3.44. The molecule has 1 heterocycles. The molecule has 1 amide bonds. The Balaban J connectivity index is 1.45. The number of amides is 1. The van der Waals surface area contributed by atoms with Gasteiger partial charge in [0.25, 0.3) is 0 Å². The van der Waals surface area contributed by atoms with Crippen LogP contribution in [0.1, 0.15) is 30.4 Å². The lowest BCUT2D eigenvalue weighted by molar-refractivity contribution is -0.129. The smallest absolute Gasteiger partial charge is 0.222 e. The van der Waals surface area contributed by atoms with Gasteiger partial charge < -0.3 is 10.2 Å². The third kappa shape index (κ3) is 4.89. The summed E-state index contributed by atoms with van der Waals surface area (Å²) >= 11 is 0. The highest BCUT2D eigenvalue weighted by Gasteiger charge is 2.30. The van der Waals surface area contributed by atoms with Crippen LogP contribution in [0, 0.1) is 5.82 Å². The third-order valence-corrected chi connectivity index (χ3v) is 4.86. The van der Waals surface area contributed by atoms with Crippen LogP contribution >= 0.6 is 0 Å². The maximum atomic E-state index is 13.8. The molecule has 0 radical (unpaired) electrons. The van der Waals surface area contributed by atoms with E-state index in [9.17, 15) is 9.18 Å². The van der Waals surface area contributed by atoms with Crippen molar-refractivity contribution in [2.45, 2.75) is 38.3 Å². The molecule has 2 aromatic rings. The van der Waals surface area contributed by atoms with Gasteiger partial charge in [0.15, 0.2) is 0 Å². The number of nitrogens with zero attached hydrogens (tertiary/aromatic N) is 1. The molecular weight excluding hydrogens is 315 g/mol. The molecule has 0 aromatic heterocycles. The van der Waals surface area contributed by atoms with Crippen molar-refractivity contribution in [1.82, 2.24) is 10.2 Å². The minimum absolute atomic E-state index is 0.185. The molecular formula is C21H25FN2O. The monoisotopic (exact) mass is 340 g/mol. The highest BCUT2D eigenvalue weighted by Crippen LogP contribution is 2.22. The first kappa shape index (κ1) is 17.6. The van der Waals surface area contributed by atoms with E-state index < -0.39 is 0 Å². The van der Waals surface area contributed by atoms with Crippen LogP contribution < -0.4 is 5.32 Å². The summed E-state index contributed by atoms with van der Waals surface area (Å²) in [6, 6.07) is 17.4. The number of halogens is 1. The summed E-state index contributed by atoms with van der Waals surface area (Å²) in [5, 5.41) is 3.45. The molecule has 3 rings (SSSR count). The molecule has 1 aliphatic rings. The topological polar surface area (TPSA) is 32.3 Å². The number of hydrogen-bond acceptors (Lipinski definition) is 2. The molecule has 132 valence electrons. The van der Waals surface area contributed by atoms with E-state index in [0.29, 0.717) is 24.9 Å². The van der Waals surface area contributed by atoms with E-state index >= 15 is 0 Å². The van der Waals surface area contributed by atoms with E-state index in [4.69, 9.17) is 0 Å². The molecule has 1 fully saturated rings. The Labute approximate surface area is 148 Å². The zero-order chi connectivity index (χ0) is 17.5. The van der Waals surface area contributed by atoms with Crippen LogP contribution in [-0.4, -0.2) is 29.9 Å². The van der Waals surface area contributed by atoms with Crippen molar-refractivity contribution >= 4 is 5.91 Å². The molecule has 1 saturated heterocycles. The van der Waals surface area contributed by atoms with Crippen LogP contribution in [0.25, 0.3) is 0 Å². The van der Waals surface area contributed by atoms with Gasteiger partial charge in [-0.3, -0.25) is 4.79 Å². The van der Waals surface area contributed by atoms with Crippen molar-refractivity contribution < 1.29 is 9.18 Å². The first-order valence-corrected chi connectivity index (χ1v) is 9.01. The van der Waals surface area contributed by atoms with Crippen molar-refractivity contribution in [3.05, 3.63) is 71.5 Å². The van der Waals surface area contributed by atoms with Crippen LogP contribution in [0.4, 0.5) is 4.39 Å². The summed E-state index contributed by atoms with van der Waals surface area (Å²) in [4.78, 5) is 14.1. The number of nitrogens with one attached hydrogen (secondary N) is 1. The summed E-state index contributed by atoms with van der Waals surface area (Å²) in [5.41, 5.74) is 1.95. The van der Waals surface area contributed by atoms with Crippen molar-refractivity contribution in [2.75, 3.05) is 13.1 Å². The summed E-state index contributed by atoms with van der Waals surface area (Å²) in [5.74, 6) is 0.0135. The van der Waals surface area contributed by atoms with E-state index in [1.807, 2.05) is 29.2 Å². The van der Waals surface area contributed by atoms with Crippen molar-refractivity contribution in [1.29, 1.82) is 0 Å². The first-order valence-electron chi connectivity index (χ1n) is 9.01. The maximum absolute atomic E-state index is 13.8. The van der Waals surface area contributed by atoms with Gasteiger partial charge in [-0.2, -0.15) is 0 Å². The maximum Gasteiger partial charge on any atom is 0.222 e. The second-order valence-electron chi connectivity index (χ2n) is 6.57. The van der Waals surface area contributed by atoms with Crippen molar-refractivity contribution in [2.24, 2.45) is 0 Å². The lowest BCUT2D eigenvalue weighted by Gasteiger charge is -2.25. The summed E-state index contributed by atoms with van der Waals surface area (Å²) in [6.45, 7) is 2.32. The molecule has 1 N–H and O–H groups in total. The molecule has 25 heavy (non-hydrogen) atoms. The van der Waals surface area contributed by atoms with E-state index in [0.717, 1.165) is 25.9 Å². The van der Waals surface area contributed by atoms with Gasteiger partial charge in [0.05, 0.1) is 0 Å². The Morgan fingerprint density at radius 3 is 2.64 bits per heavy atom. The summed E-state index contributed by atoms with van der Waals surface area (Å²) in [6.07, 6.45) is 3.03. The predicted molar refractivity (Wildman–Crippen MR) is 97.6 cm³/mol. The fourth-order valence-corrected chi connectivity index (χ4v) is 3.44. The number of hydrogen-bond donors (Lipinski definition) is 1. The Kier molecular flexibility index (Phi) is 6.18. The summed E-state index contributed by atoms with van der Waals surface area (Å²) < 4.78 is 13.8. The minimum Gasteiger partial charge on any atom is -0.339 e. The largest absolute Gasteiger partial charge is 0.339 e. The van der Waals surface area contributed by atoms with Crippen molar-refractivity contribution in [3.63, 3.8) is 0 Å². The van der Waals surface area contributed by atoms with Gasteiger partial charge >= 0.3 is 0 Å². The van der Waals surface area contributed by atoms with E-state index in [-0.39, 0.29) is 17.8 Å². The second kappa shape index (κ2) is 8.77. The molecule has 1 aliphatic heterocycles. The normalized spacial score (nSPS) is 17.2.